The van der Waals surface area contributed by atoms with Crippen LogP contribution in [0.5, 0.6) is 0 Å². The van der Waals surface area contributed by atoms with Crippen molar-refractivity contribution < 1.29 is 5.11 Å². The first-order valence-corrected chi connectivity index (χ1v) is 5.46. The molecule has 6 N–H and O–H groups in total. The SMILES string of the molecule is C[C@@H]1N=C(N)N2CC[C@H](O)[C@@]23NC(N)=N[C@@H]13. The molecule has 0 saturated carbocycles. The topological polar surface area (TPSA) is 112 Å². The van der Waals surface area contributed by atoms with Gasteiger partial charge in [0.2, 0.25) is 0 Å². The molecule has 16 heavy (non-hydrogen) atoms. The van der Waals surface area contributed by atoms with E-state index in [1.165, 1.54) is 0 Å². The first kappa shape index (κ1) is 9.71. The van der Waals surface area contributed by atoms with Gasteiger partial charge in [0.05, 0.1) is 12.1 Å². The van der Waals surface area contributed by atoms with Crippen molar-refractivity contribution in [1.82, 2.24) is 10.2 Å². The zero-order chi connectivity index (χ0) is 11.5. The van der Waals surface area contributed by atoms with Crippen LogP contribution in [-0.4, -0.2) is 52.3 Å². The van der Waals surface area contributed by atoms with E-state index in [0.29, 0.717) is 24.9 Å². The lowest BCUT2D eigenvalue weighted by Gasteiger charge is -2.45. The molecule has 7 nitrogen and oxygen atoms in total. The molecule has 3 aliphatic heterocycles. The predicted octanol–water partition coefficient (Wildman–Crippen LogP) is -2.25. The van der Waals surface area contributed by atoms with Gasteiger partial charge in [-0.05, 0) is 13.3 Å². The molecular formula is C9H16N6O. The highest BCUT2D eigenvalue weighted by molar-refractivity contribution is 5.86. The minimum absolute atomic E-state index is 0.0717. The van der Waals surface area contributed by atoms with E-state index in [-0.39, 0.29) is 12.1 Å². The van der Waals surface area contributed by atoms with Crippen LogP contribution in [0.3, 0.4) is 0 Å². The predicted molar refractivity (Wildman–Crippen MR) is 59.7 cm³/mol. The summed E-state index contributed by atoms with van der Waals surface area (Å²) in [6.45, 7) is 2.61. The Hall–Kier alpha value is -1.50. The van der Waals surface area contributed by atoms with Crippen molar-refractivity contribution in [3.8, 4) is 0 Å². The monoisotopic (exact) mass is 224 g/mol. The van der Waals surface area contributed by atoms with Gasteiger partial charge in [-0.1, -0.05) is 0 Å². The Morgan fingerprint density at radius 2 is 2.25 bits per heavy atom. The largest absolute Gasteiger partial charge is 0.389 e. The lowest BCUT2D eigenvalue weighted by atomic mass is 9.90. The lowest BCUT2D eigenvalue weighted by molar-refractivity contribution is 0.0242. The van der Waals surface area contributed by atoms with Gasteiger partial charge in [-0.15, -0.1) is 0 Å². The first-order valence-electron chi connectivity index (χ1n) is 5.46. The van der Waals surface area contributed by atoms with Crippen LogP contribution in [0.2, 0.25) is 0 Å². The Morgan fingerprint density at radius 1 is 1.50 bits per heavy atom. The Labute approximate surface area is 93.2 Å². The maximum Gasteiger partial charge on any atom is 0.193 e. The number of nitrogens with two attached hydrogens (primary N) is 2. The molecule has 88 valence electrons. The number of aliphatic hydroxyl groups is 1. The molecule has 0 aliphatic carbocycles. The zero-order valence-electron chi connectivity index (χ0n) is 9.09. The summed E-state index contributed by atoms with van der Waals surface area (Å²) in [5.74, 6) is 0.811. The number of rotatable bonds is 0. The molecule has 1 spiro atoms. The molecule has 1 saturated heterocycles. The molecule has 0 unspecified atom stereocenters. The Kier molecular flexibility index (Phi) is 1.69. The third-order valence-corrected chi connectivity index (χ3v) is 3.71. The molecule has 7 heteroatoms. The van der Waals surface area contributed by atoms with Gasteiger partial charge < -0.3 is 26.8 Å². The molecule has 0 aromatic rings. The fourth-order valence-corrected chi connectivity index (χ4v) is 3.03. The van der Waals surface area contributed by atoms with Crippen LogP contribution in [0.1, 0.15) is 13.3 Å². The van der Waals surface area contributed by atoms with Crippen molar-refractivity contribution >= 4 is 11.9 Å². The summed E-state index contributed by atoms with van der Waals surface area (Å²) < 4.78 is 0. The number of hydrogen-bond donors (Lipinski definition) is 4. The number of aliphatic imine (C=N–C) groups is 2. The van der Waals surface area contributed by atoms with Gasteiger partial charge in [0.1, 0.15) is 6.04 Å². The molecular weight excluding hydrogens is 208 g/mol. The molecule has 3 aliphatic rings. The summed E-state index contributed by atoms with van der Waals surface area (Å²) >= 11 is 0. The number of hydrogen-bond acceptors (Lipinski definition) is 7. The minimum Gasteiger partial charge on any atom is -0.389 e. The van der Waals surface area contributed by atoms with Crippen LogP contribution in [0.4, 0.5) is 0 Å². The molecule has 0 radical (unpaired) electrons. The van der Waals surface area contributed by atoms with E-state index in [2.05, 4.69) is 15.3 Å². The van der Waals surface area contributed by atoms with Crippen LogP contribution in [-0.2, 0) is 0 Å². The van der Waals surface area contributed by atoms with Crippen molar-refractivity contribution in [3.05, 3.63) is 0 Å². The second-order valence-corrected chi connectivity index (χ2v) is 4.59. The summed E-state index contributed by atoms with van der Waals surface area (Å²) in [6.07, 6.45) is 0.119. The standard InChI is InChI=1S/C9H16N6O/c1-4-6-9(14-7(10)13-6)5(16)2-3-15(9)8(11)12-4/h4-6,16H,2-3H2,1H3,(H2,11,12)(H3,10,13,14)/t4-,5-,6-,9+/m0/s1. The maximum absolute atomic E-state index is 10.2. The van der Waals surface area contributed by atoms with E-state index in [9.17, 15) is 5.11 Å². The second-order valence-electron chi connectivity index (χ2n) is 4.59. The summed E-state index contributed by atoms with van der Waals surface area (Å²) in [4.78, 5) is 10.5. The Morgan fingerprint density at radius 3 is 3.00 bits per heavy atom. The first-order chi connectivity index (χ1) is 7.55. The van der Waals surface area contributed by atoms with Gasteiger partial charge in [-0.2, -0.15) is 0 Å². The van der Waals surface area contributed by atoms with Crippen LogP contribution in [0.25, 0.3) is 0 Å². The second kappa shape index (κ2) is 2.79. The van der Waals surface area contributed by atoms with E-state index in [4.69, 9.17) is 11.5 Å². The molecule has 0 amide bonds. The smallest absolute Gasteiger partial charge is 0.193 e. The van der Waals surface area contributed by atoms with Crippen molar-refractivity contribution in [2.75, 3.05) is 6.54 Å². The van der Waals surface area contributed by atoms with Crippen LogP contribution < -0.4 is 16.8 Å². The van der Waals surface area contributed by atoms with Crippen molar-refractivity contribution in [2.24, 2.45) is 21.5 Å². The normalized spacial score (nSPS) is 45.6. The zero-order valence-corrected chi connectivity index (χ0v) is 9.09. The Bertz CT molecular complexity index is 393. The van der Waals surface area contributed by atoms with E-state index in [0.717, 1.165) is 0 Å². The van der Waals surface area contributed by atoms with Gasteiger partial charge >= 0.3 is 0 Å². The molecule has 4 atom stereocenters. The Balaban J connectivity index is 2.11. The summed E-state index contributed by atoms with van der Waals surface area (Å²) in [5.41, 5.74) is 11.0. The third kappa shape index (κ3) is 0.915. The van der Waals surface area contributed by atoms with Gasteiger partial charge in [0.15, 0.2) is 17.6 Å². The fraction of sp³-hybridized carbons (Fsp3) is 0.778. The average Bonchev–Trinajstić information content (AvgIpc) is 2.70. The molecule has 1 fully saturated rings. The van der Waals surface area contributed by atoms with Crippen LogP contribution in [0.15, 0.2) is 9.98 Å². The number of aliphatic hydroxyl groups excluding tert-OH is 1. The molecule has 0 aromatic carbocycles. The summed E-state index contributed by atoms with van der Waals surface area (Å²) in [6, 6.07) is -0.241. The van der Waals surface area contributed by atoms with Crippen LogP contribution >= 0.6 is 0 Å². The van der Waals surface area contributed by atoms with Gasteiger partial charge in [-0.3, -0.25) is 0 Å². The number of guanidine groups is 2. The number of nitrogens with one attached hydrogen (secondary N) is 1. The molecule has 0 aromatic heterocycles. The van der Waals surface area contributed by atoms with Gasteiger partial charge in [0, 0.05) is 6.54 Å². The maximum atomic E-state index is 10.2. The van der Waals surface area contributed by atoms with E-state index in [1.54, 1.807) is 0 Å². The van der Waals surface area contributed by atoms with Crippen LogP contribution in [0, 0.1) is 0 Å². The van der Waals surface area contributed by atoms with Gasteiger partial charge in [-0.25, -0.2) is 9.98 Å². The quantitative estimate of drug-likeness (QED) is 0.371. The van der Waals surface area contributed by atoms with Crippen molar-refractivity contribution in [3.63, 3.8) is 0 Å². The molecule has 3 heterocycles. The van der Waals surface area contributed by atoms with Crippen molar-refractivity contribution in [1.29, 1.82) is 0 Å². The highest BCUT2D eigenvalue weighted by atomic mass is 16.3. The van der Waals surface area contributed by atoms with E-state index < -0.39 is 11.8 Å². The van der Waals surface area contributed by atoms with E-state index >= 15 is 0 Å². The lowest BCUT2D eigenvalue weighted by Crippen LogP contribution is -2.71. The minimum atomic E-state index is -0.671. The average molecular weight is 224 g/mol. The highest BCUT2D eigenvalue weighted by Gasteiger charge is 2.61. The fourth-order valence-electron chi connectivity index (χ4n) is 3.03. The van der Waals surface area contributed by atoms with Crippen molar-refractivity contribution in [2.45, 2.75) is 37.2 Å². The molecule has 0 bridgehead atoms. The summed E-state index contributed by atoms with van der Waals surface area (Å²) in [5, 5.41) is 13.3. The number of nitrogens with zero attached hydrogens (tertiary/aromatic N) is 3. The third-order valence-electron chi connectivity index (χ3n) is 3.71. The highest BCUT2D eigenvalue weighted by Crippen LogP contribution is 2.39. The molecule has 3 rings (SSSR count). The van der Waals surface area contributed by atoms with E-state index in [1.807, 2.05) is 11.8 Å². The summed E-state index contributed by atoms with van der Waals surface area (Å²) in [7, 11) is 0. The van der Waals surface area contributed by atoms with Gasteiger partial charge in [0.25, 0.3) is 0 Å².